The molecular weight excluding hydrogens is 178 g/mol. The molecule has 0 spiro atoms. The van der Waals surface area contributed by atoms with Gasteiger partial charge in [0.2, 0.25) is 0 Å². The highest BCUT2D eigenvalue weighted by molar-refractivity contribution is 7.91. The van der Waals surface area contributed by atoms with E-state index in [9.17, 15) is 8.42 Å². The fourth-order valence-electron chi connectivity index (χ4n) is 1.37. The molecule has 66 valence electrons. The Balaban J connectivity index is 2.67. The van der Waals surface area contributed by atoms with Gasteiger partial charge in [0, 0.05) is 13.3 Å². The van der Waals surface area contributed by atoms with E-state index in [-0.39, 0.29) is 10.8 Å². The summed E-state index contributed by atoms with van der Waals surface area (Å²) in [5.74, 6) is 1.16. The summed E-state index contributed by atoms with van der Waals surface area (Å²) in [5, 5.41) is 0.159. The van der Waals surface area contributed by atoms with Gasteiger partial charge in [-0.05, 0) is 6.42 Å². The second kappa shape index (κ2) is 2.32. The number of sulfone groups is 1. The number of hydrogen-bond donors (Lipinski definition) is 0. The van der Waals surface area contributed by atoms with Crippen LogP contribution < -0.4 is 0 Å². The van der Waals surface area contributed by atoms with Crippen LogP contribution in [0.5, 0.6) is 0 Å². The number of rotatable bonds is 0. The molecule has 0 bridgehead atoms. The Labute approximate surface area is 70.5 Å². The van der Waals surface area contributed by atoms with Crippen molar-refractivity contribution in [3.05, 3.63) is 11.7 Å². The number of oxazole rings is 1. The highest BCUT2D eigenvalue weighted by Gasteiger charge is 2.28. The zero-order chi connectivity index (χ0) is 8.77. The first kappa shape index (κ1) is 7.79. The molecule has 0 amide bonds. The van der Waals surface area contributed by atoms with Gasteiger partial charge in [-0.3, -0.25) is 0 Å². The van der Waals surface area contributed by atoms with Crippen LogP contribution in [0.1, 0.15) is 18.1 Å². The molecule has 1 aromatic rings. The molecule has 0 saturated heterocycles. The van der Waals surface area contributed by atoms with Gasteiger partial charge in [0.1, 0.15) is 5.76 Å². The summed E-state index contributed by atoms with van der Waals surface area (Å²) in [6.07, 6.45) is 1.33. The highest BCUT2D eigenvalue weighted by Crippen LogP contribution is 2.24. The number of fused-ring (bicyclic) bond motifs is 1. The minimum atomic E-state index is -3.13. The van der Waals surface area contributed by atoms with E-state index in [0.29, 0.717) is 24.5 Å². The van der Waals surface area contributed by atoms with Crippen molar-refractivity contribution in [3.63, 3.8) is 0 Å². The van der Waals surface area contributed by atoms with Crippen LogP contribution in [0.15, 0.2) is 9.44 Å². The molecule has 0 fully saturated rings. The van der Waals surface area contributed by atoms with Crippen LogP contribution in [0.2, 0.25) is 0 Å². The van der Waals surface area contributed by atoms with E-state index < -0.39 is 9.84 Å². The summed E-state index contributed by atoms with van der Waals surface area (Å²) in [5.41, 5.74) is 0. The third-order valence-electron chi connectivity index (χ3n) is 1.88. The Hall–Kier alpha value is -0.840. The molecule has 5 heteroatoms. The van der Waals surface area contributed by atoms with E-state index in [0.717, 1.165) is 0 Å². The molecule has 1 aliphatic heterocycles. The predicted molar refractivity (Wildman–Crippen MR) is 41.6 cm³/mol. The minimum Gasteiger partial charge on any atom is -0.445 e. The largest absolute Gasteiger partial charge is 0.445 e. The van der Waals surface area contributed by atoms with Gasteiger partial charge in [-0.15, -0.1) is 0 Å². The lowest BCUT2D eigenvalue weighted by molar-refractivity contribution is 0.462. The molecule has 0 radical (unpaired) electrons. The van der Waals surface area contributed by atoms with E-state index in [4.69, 9.17) is 4.42 Å². The van der Waals surface area contributed by atoms with Crippen molar-refractivity contribution < 1.29 is 12.8 Å². The molecule has 0 aliphatic carbocycles. The third-order valence-corrected chi connectivity index (χ3v) is 3.61. The molecular formula is C7H9NO3S. The van der Waals surface area contributed by atoms with E-state index in [2.05, 4.69) is 4.98 Å². The molecule has 0 N–H and O–H groups in total. The summed E-state index contributed by atoms with van der Waals surface area (Å²) in [7, 11) is -3.13. The Bertz CT molecular complexity index is 404. The molecule has 0 unspecified atom stereocenters. The summed E-state index contributed by atoms with van der Waals surface area (Å²) in [4.78, 5) is 3.85. The second-order valence-corrected chi connectivity index (χ2v) is 4.91. The van der Waals surface area contributed by atoms with Gasteiger partial charge in [0.15, 0.2) is 20.8 Å². The average Bonchev–Trinajstić information content (AvgIpc) is 2.30. The quantitative estimate of drug-likeness (QED) is 0.600. The standard InChI is InChI=1S/C7H9NO3S/c1-5-8-7-6(11-5)3-2-4-12(7,9)10/h2-4H2,1H3. The van der Waals surface area contributed by atoms with Gasteiger partial charge in [0.25, 0.3) is 0 Å². The molecule has 1 aromatic heterocycles. The molecule has 2 heterocycles. The van der Waals surface area contributed by atoms with Gasteiger partial charge in [-0.25, -0.2) is 13.4 Å². The second-order valence-electron chi connectivity index (χ2n) is 2.88. The summed E-state index contributed by atoms with van der Waals surface area (Å²) >= 11 is 0. The smallest absolute Gasteiger partial charge is 0.199 e. The van der Waals surface area contributed by atoms with Crippen LogP contribution in [-0.2, 0) is 16.3 Å². The first-order valence-corrected chi connectivity index (χ1v) is 5.44. The lowest BCUT2D eigenvalue weighted by Crippen LogP contribution is -2.15. The minimum absolute atomic E-state index is 0.159. The van der Waals surface area contributed by atoms with Crippen LogP contribution in [-0.4, -0.2) is 19.2 Å². The Kier molecular flexibility index (Phi) is 1.51. The highest BCUT2D eigenvalue weighted by atomic mass is 32.2. The van der Waals surface area contributed by atoms with Gasteiger partial charge >= 0.3 is 0 Å². The van der Waals surface area contributed by atoms with Crippen LogP contribution >= 0.6 is 0 Å². The van der Waals surface area contributed by atoms with E-state index in [1.807, 2.05) is 0 Å². The van der Waals surface area contributed by atoms with Gasteiger partial charge in [-0.2, -0.15) is 0 Å². The van der Waals surface area contributed by atoms with E-state index >= 15 is 0 Å². The summed E-state index contributed by atoms with van der Waals surface area (Å²) in [6, 6.07) is 0. The van der Waals surface area contributed by atoms with Crippen molar-refractivity contribution in [2.45, 2.75) is 24.8 Å². The molecule has 12 heavy (non-hydrogen) atoms. The zero-order valence-corrected chi connectivity index (χ0v) is 7.52. The maximum Gasteiger partial charge on any atom is 0.199 e. The Morgan fingerprint density at radius 3 is 2.92 bits per heavy atom. The molecule has 0 atom stereocenters. The zero-order valence-electron chi connectivity index (χ0n) is 6.70. The maximum absolute atomic E-state index is 11.4. The number of nitrogens with zero attached hydrogens (tertiary/aromatic N) is 1. The first-order chi connectivity index (χ1) is 5.59. The van der Waals surface area contributed by atoms with Crippen LogP contribution in [0.3, 0.4) is 0 Å². The van der Waals surface area contributed by atoms with Crippen molar-refractivity contribution >= 4 is 9.84 Å². The number of aryl methyl sites for hydroxylation is 2. The monoisotopic (exact) mass is 187 g/mol. The molecule has 2 rings (SSSR count). The van der Waals surface area contributed by atoms with E-state index in [1.54, 1.807) is 6.92 Å². The van der Waals surface area contributed by atoms with Crippen molar-refractivity contribution in [1.29, 1.82) is 0 Å². The average molecular weight is 187 g/mol. The lowest BCUT2D eigenvalue weighted by atomic mass is 10.3. The number of aromatic nitrogens is 1. The third kappa shape index (κ3) is 1.04. The molecule has 0 saturated carbocycles. The maximum atomic E-state index is 11.4. The fraction of sp³-hybridized carbons (Fsp3) is 0.571. The summed E-state index contributed by atoms with van der Waals surface area (Å²) in [6.45, 7) is 1.66. The van der Waals surface area contributed by atoms with Crippen LogP contribution in [0.25, 0.3) is 0 Å². The Morgan fingerprint density at radius 1 is 1.50 bits per heavy atom. The summed E-state index contributed by atoms with van der Waals surface area (Å²) < 4.78 is 27.9. The van der Waals surface area contributed by atoms with Crippen molar-refractivity contribution in [2.24, 2.45) is 0 Å². The fourth-order valence-corrected chi connectivity index (χ4v) is 2.85. The lowest BCUT2D eigenvalue weighted by Gasteiger charge is -2.07. The molecule has 4 nitrogen and oxygen atoms in total. The number of hydrogen-bond acceptors (Lipinski definition) is 4. The Morgan fingerprint density at radius 2 is 2.25 bits per heavy atom. The van der Waals surface area contributed by atoms with Crippen molar-refractivity contribution in [1.82, 2.24) is 4.98 Å². The molecule has 0 aromatic carbocycles. The van der Waals surface area contributed by atoms with Gasteiger partial charge in [-0.1, -0.05) is 0 Å². The first-order valence-electron chi connectivity index (χ1n) is 3.79. The van der Waals surface area contributed by atoms with Crippen molar-refractivity contribution in [2.75, 3.05) is 5.75 Å². The topological polar surface area (TPSA) is 60.2 Å². The normalized spacial score (nSPS) is 20.4. The van der Waals surface area contributed by atoms with Gasteiger partial charge in [0.05, 0.1) is 5.75 Å². The van der Waals surface area contributed by atoms with E-state index in [1.165, 1.54) is 0 Å². The molecule has 1 aliphatic rings. The van der Waals surface area contributed by atoms with Crippen molar-refractivity contribution in [3.8, 4) is 0 Å². The predicted octanol–water partition coefficient (Wildman–Crippen LogP) is 0.703. The van der Waals surface area contributed by atoms with Crippen LogP contribution in [0.4, 0.5) is 0 Å². The van der Waals surface area contributed by atoms with Gasteiger partial charge < -0.3 is 4.42 Å². The SMILES string of the molecule is Cc1nc2c(o1)CCCS2(=O)=O. The van der Waals surface area contributed by atoms with Crippen LogP contribution in [0, 0.1) is 6.92 Å².